The molecule has 0 radical (unpaired) electrons. The van der Waals surface area contributed by atoms with Crippen LogP contribution >= 0.6 is 0 Å². The van der Waals surface area contributed by atoms with E-state index in [2.05, 4.69) is 34.0 Å². The molecule has 1 heterocycles. The van der Waals surface area contributed by atoms with Gasteiger partial charge in [0.25, 0.3) is 0 Å². The molecule has 0 saturated carbocycles. The van der Waals surface area contributed by atoms with Gasteiger partial charge in [0.15, 0.2) is 5.82 Å². The molecule has 30 heavy (non-hydrogen) atoms. The quantitative estimate of drug-likeness (QED) is 0.299. The largest absolute Gasteiger partial charge is 0.236 e. The van der Waals surface area contributed by atoms with Crippen LogP contribution < -0.4 is 0 Å². The van der Waals surface area contributed by atoms with Crippen LogP contribution in [-0.4, -0.2) is 9.97 Å². The van der Waals surface area contributed by atoms with Crippen molar-refractivity contribution < 1.29 is 4.39 Å². The normalized spacial score (nSPS) is 10.9. The van der Waals surface area contributed by atoms with Gasteiger partial charge in [-0.3, -0.25) is 0 Å². The summed E-state index contributed by atoms with van der Waals surface area (Å²) in [5, 5.41) is 1.85. The number of fused-ring (bicyclic) bond motifs is 1. The van der Waals surface area contributed by atoms with E-state index in [9.17, 15) is 4.39 Å². The number of benzene rings is 3. The minimum absolute atomic E-state index is 0.228. The highest BCUT2D eigenvalue weighted by atomic mass is 19.1. The molecule has 1 aromatic heterocycles. The summed E-state index contributed by atoms with van der Waals surface area (Å²) in [5.74, 6) is 6.85. The highest BCUT2D eigenvalue weighted by Crippen LogP contribution is 2.18. The fourth-order valence-corrected chi connectivity index (χ4v) is 3.19. The fourth-order valence-electron chi connectivity index (χ4n) is 3.19. The summed E-state index contributed by atoms with van der Waals surface area (Å²) in [6.07, 6.45) is 9.94. The van der Waals surface area contributed by atoms with Crippen molar-refractivity contribution >= 4 is 10.8 Å². The number of aromatic nitrogens is 2. The number of nitrogens with zero attached hydrogens (tertiary/aromatic N) is 2. The minimum Gasteiger partial charge on any atom is -0.236 e. The molecule has 4 aromatic rings. The van der Waals surface area contributed by atoms with Gasteiger partial charge in [0.1, 0.15) is 5.82 Å². The maximum absolute atomic E-state index is 13.3. The summed E-state index contributed by atoms with van der Waals surface area (Å²) in [7, 11) is 0. The molecule has 0 bridgehead atoms. The third kappa shape index (κ3) is 4.79. The average Bonchev–Trinajstić information content (AvgIpc) is 2.79. The van der Waals surface area contributed by atoms with Crippen molar-refractivity contribution in [3.8, 4) is 23.2 Å². The Balaban J connectivity index is 1.47. The second-order valence-corrected chi connectivity index (χ2v) is 7.06. The van der Waals surface area contributed by atoms with Gasteiger partial charge in [-0.2, -0.15) is 0 Å². The van der Waals surface area contributed by atoms with Crippen molar-refractivity contribution in [2.45, 2.75) is 19.8 Å². The molecule has 0 aliphatic carbocycles. The first-order valence-corrected chi connectivity index (χ1v) is 9.95. The first-order chi connectivity index (χ1) is 14.7. The Morgan fingerprint density at radius 2 is 1.50 bits per heavy atom. The SMILES string of the molecule is C/C=C/CCc1cnc(-c2ccc(C#Cc3ccc4cc(F)ccc4c3)cc2)nc1. The van der Waals surface area contributed by atoms with Crippen molar-refractivity contribution in [1.29, 1.82) is 0 Å². The summed E-state index contributed by atoms with van der Waals surface area (Å²) in [6, 6.07) is 18.5. The topological polar surface area (TPSA) is 25.8 Å². The van der Waals surface area contributed by atoms with Crippen LogP contribution in [0.25, 0.3) is 22.2 Å². The highest BCUT2D eigenvalue weighted by molar-refractivity contribution is 5.84. The van der Waals surface area contributed by atoms with Crippen LogP contribution in [0.5, 0.6) is 0 Å². The molecule has 3 heteroatoms. The number of hydrogen-bond donors (Lipinski definition) is 0. The van der Waals surface area contributed by atoms with E-state index in [-0.39, 0.29) is 5.82 Å². The van der Waals surface area contributed by atoms with Crippen molar-refractivity contribution in [1.82, 2.24) is 9.97 Å². The summed E-state index contributed by atoms with van der Waals surface area (Å²) in [6.45, 7) is 2.03. The molecule has 0 aliphatic rings. The first kappa shape index (κ1) is 19.5. The molecule has 4 rings (SSSR count). The summed E-state index contributed by atoms with van der Waals surface area (Å²) < 4.78 is 13.3. The van der Waals surface area contributed by atoms with Crippen LogP contribution in [0.3, 0.4) is 0 Å². The van der Waals surface area contributed by atoms with Gasteiger partial charge in [-0.1, -0.05) is 36.1 Å². The number of halogens is 1. The second-order valence-electron chi connectivity index (χ2n) is 7.06. The van der Waals surface area contributed by atoms with Crippen LogP contribution in [0.15, 0.2) is 85.2 Å². The molecule has 0 amide bonds. The molecule has 146 valence electrons. The van der Waals surface area contributed by atoms with E-state index < -0.39 is 0 Å². The zero-order valence-electron chi connectivity index (χ0n) is 16.8. The van der Waals surface area contributed by atoms with Gasteiger partial charge in [0.2, 0.25) is 0 Å². The maximum atomic E-state index is 13.3. The lowest BCUT2D eigenvalue weighted by atomic mass is 10.1. The predicted molar refractivity (Wildman–Crippen MR) is 120 cm³/mol. The maximum Gasteiger partial charge on any atom is 0.159 e. The van der Waals surface area contributed by atoms with Gasteiger partial charge < -0.3 is 0 Å². The second kappa shape index (κ2) is 9.15. The third-order valence-electron chi connectivity index (χ3n) is 4.84. The average molecular weight is 392 g/mol. The molecule has 0 N–H and O–H groups in total. The van der Waals surface area contributed by atoms with E-state index >= 15 is 0 Å². The standard InChI is InChI=1S/C27H21FN2/c1-2-3-4-5-22-18-29-27(30-19-22)23-11-8-20(9-12-23)6-7-21-10-13-25-17-26(28)15-14-24(25)16-21/h2-3,8-19H,4-5H2,1H3/b3-2+. The molecular weight excluding hydrogens is 371 g/mol. The Morgan fingerprint density at radius 3 is 2.27 bits per heavy atom. The molecule has 0 fully saturated rings. The van der Waals surface area contributed by atoms with Crippen LogP contribution in [0.1, 0.15) is 30.0 Å². The van der Waals surface area contributed by atoms with Gasteiger partial charge >= 0.3 is 0 Å². The summed E-state index contributed by atoms with van der Waals surface area (Å²) >= 11 is 0. The first-order valence-electron chi connectivity index (χ1n) is 9.95. The Morgan fingerprint density at radius 1 is 0.833 bits per heavy atom. The van der Waals surface area contributed by atoms with Gasteiger partial charge in [-0.15, -0.1) is 0 Å². The summed E-state index contributed by atoms with van der Waals surface area (Å²) in [4.78, 5) is 8.98. The van der Waals surface area contributed by atoms with Crippen molar-refractivity contribution in [2.75, 3.05) is 0 Å². The fraction of sp³-hybridized carbons (Fsp3) is 0.111. The van der Waals surface area contributed by atoms with E-state index in [4.69, 9.17) is 0 Å². The molecule has 0 saturated heterocycles. The lowest BCUT2D eigenvalue weighted by Crippen LogP contribution is -1.92. The van der Waals surface area contributed by atoms with E-state index in [1.165, 1.54) is 12.1 Å². The number of hydrogen-bond acceptors (Lipinski definition) is 2. The smallest absolute Gasteiger partial charge is 0.159 e. The third-order valence-corrected chi connectivity index (χ3v) is 4.84. The van der Waals surface area contributed by atoms with Gasteiger partial charge in [-0.05, 0) is 84.6 Å². The predicted octanol–water partition coefficient (Wildman–Crippen LogP) is 6.34. The molecule has 0 unspecified atom stereocenters. The van der Waals surface area contributed by atoms with Gasteiger partial charge in [0, 0.05) is 29.1 Å². The van der Waals surface area contributed by atoms with Crippen LogP contribution in [0.4, 0.5) is 4.39 Å². The Kier molecular flexibility index (Phi) is 5.96. The monoisotopic (exact) mass is 392 g/mol. The lowest BCUT2D eigenvalue weighted by Gasteiger charge is -2.02. The van der Waals surface area contributed by atoms with E-state index in [1.807, 2.05) is 61.8 Å². The van der Waals surface area contributed by atoms with Crippen molar-refractivity contribution in [2.24, 2.45) is 0 Å². The molecule has 0 spiro atoms. The number of aryl methyl sites for hydroxylation is 1. The van der Waals surface area contributed by atoms with Crippen LogP contribution in [0.2, 0.25) is 0 Å². The Labute approximate surface area is 176 Å². The van der Waals surface area contributed by atoms with Crippen LogP contribution in [0, 0.1) is 17.7 Å². The Bertz CT molecular complexity index is 1240. The van der Waals surface area contributed by atoms with E-state index in [1.54, 1.807) is 6.07 Å². The van der Waals surface area contributed by atoms with Gasteiger partial charge in [0.05, 0.1) is 0 Å². The molecular formula is C27H21FN2. The van der Waals surface area contributed by atoms with E-state index in [0.717, 1.165) is 45.9 Å². The molecule has 2 nitrogen and oxygen atoms in total. The number of rotatable bonds is 4. The van der Waals surface area contributed by atoms with Crippen molar-refractivity contribution in [3.63, 3.8) is 0 Å². The van der Waals surface area contributed by atoms with Gasteiger partial charge in [-0.25, -0.2) is 14.4 Å². The molecule has 0 aliphatic heterocycles. The summed E-state index contributed by atoms with van der Waals surface area (Å²) in [5.41, 5.74) is 3.92. The minimum atomic E-state index is -0.228. The van der Waals surface area contributed by atoms with Crippen molar-refractivity contribution in [3.05, 3.63) is 108 Å². The van der Waals surface area contributed by atoms with Crippen LogP contribution in [-0.2, 0) is 6.42 Å². The molecule has 3 aromatic carbocycles. The number of allylic oxidation sites excluding steroid dienone is 2. The van der Waals surface area contributed by atoms with E-state index in [0.29, 0.717) is 5.82 Å². The highest BCUT2D eigenvalue weighted by Gasteiger charge is 2.02. The zero-order valence-corrected chi connectivity index (χ0v) is 16.8. The Hall–Kier alpha value is -3.77. The zero-order chi connectivity index (χ0) is 20.8. The lowest BCUT2D eigenvalue weighted by molar-refractivity contribution is 0.630. The molecule has 0 atom stereocenters.